The van der Waals surface area contributed by atoms with Crippen molar-refractivity contribution < 1.29 is 0 Å². The van der Waals surface area contributed by atoms with Gasteiger partial charge in [0.25, 0.3) is 0 Å². The highest BCUT2D eigenvalue weighted by molar-refractivity contribution is 9.12. The van der Waals surface area contributed by atoms with Crippen LogP contribution in [-0.4, -0.2) is 9.65 Å². The number of halogens is 2. The van der Waals surface area contributed by atoms with E-state index in [2.05, 4.69) is 56.2 Å². The van der Waals surface area contributed by atoms with Crippen molar-refractivity contribution in [3.63, 3.8) is 0 Å². The van der Waals surface area contributed by atoms with Crippen LogP contribution in [0.1, 0.15) is 0 Å². The maximum Gasteiger partial charge on any atom is 0.0345 e. The zero-order valence-corrected chi connectivity index (χ0v) is 8.55. The van der Waals surface area contributed by atoms with Crippen molar-refractivity contribution in [3.05, 3.63) is 24.3 Å². The lowest BCUT2D eigenvalue weighted by atomic mass is 9.71. The highest BCUT2D eigenvalue weighted by Crippen LogP contribution is 2.47. The van der Waals surface area contributed by atoms with Gasteiger partial charge < -0.3 is 0 Å². The molecule has 0 aliphatic heterocycles. The molecule has 2 aliphatic rings. The summed E-state index contributed by atoms with van der Waals surface area (Å²) < 4.78 is 0. The van der Waals surface area contributed by atoms with Crippen molar-refractivity contribution in [2.45, 2.75) is 9.65 Å². The summed E-state index contributed by atoms with van der Waals surface area (Å²) in [7, 11) is 0. The molecule has 0 nitrogen and oxygen atoms in total. The van der Waals surface area contributed by atoms with E-state index in [1.807, 2.05) is 0 Å². The molecule has 1 fully saturated rings. The Bertz CT molecular complexity index is 173. The Labute approximate surface area is 77.6 Å². The van der Waals surface area contributed by atoms with Crippen LogP contribution in [0.25, 0.3) is 0 Å². The average molecular weight is 264 g/mol. The summed E-state index contributed by atoms with van der Waals surface area (Å²) in [5, 5.41) is 0. The van der Waals surface area contributed by atoms with E-state index in [1.165, 1.54) is 0 Å². The Hall–Kier alpha value is 0.440. The van der Waals surface area contributed by atoms with Crippen molar-refractivity contribution >= 4 is 31.9 Å². The number of rotatable bonds is 0. The Morgan fingerprint density at radius 3 is 1.60 bits per heavy atom. The van der Waals surface area contributed by atoms with E-state index in [-0.39, 0.29) is 0 Å². The molecule has 2 heteroatoms. The van der Waals surface area contributed by atoms with Crippen LogP contribution in [0.3, 0.4) is 0 Å². The largest absolute Gasteiger partial charge is 0.0872 e. The minimum absolute atomic E-state index is 0.638. The third-order valence-corrected chi connectivity index (χ3v) is 5.33. The number of allylic oxidation sites excluding steroid dienone is 4. The number of alkyl halides is 2. The van der Waals surface area contributed by atoms with Gasteiger partial charge in [-0.3, -0.25) is 0 Å². The van der Waals surface area contributed by atoms with Gasteiger partial charge in [0.1, 0.15) is 0 Å². The van der Waals surface area contributed by atoms with Crippen LogP contribution in [0.2, 0.25) is 0 Å². The quantitative estimate of drug-likeness (QED) is 0.590. The molecule has 0 aromatic carbocycles. The maximum atomic E-state index is 3.64. The van der Waals surface area contributed by atoms with E-state index in [0.717, 1.165) is 11.8 Å². The van der Waals surface area contributed by atoms with Gasteiger partial charge >= 0.3 is 0 Å². The second-order valence-corrected chi connectivity index (χ2v) is 4.93. The van der Waals surface area contributed by atoms with E-state index < -0.39 is 0 Å². The average Bonchev–Trinajstić information content (AvgIpc) is 2.03. The summed E-state index contributed by atoms with van der Waals surface area (Å²) in [5.41, 5.74) is 0. The van der Waals surface area contributed by atoms with Gasteiger partial charge in [0.05, 0.1) is 0 Å². The molecule has 0 unspecified atom stereocenters. The summed E-state index contributed by atoms with van der Waals surface area (Å²) >= 11 is 7.27. The zero-order valence-electron chi connectivity index (χ0n) is 5.37. The van der Waals surface area contributed by atoms with Crippen LogP contribution >= 0.6 is 31.9 Å². The summed E-state index contributed by atoms with van der Waals surface area (Å²) in [5.74, 6) is 1.46. The standard InChI is InChI=1S/C8H8Br2/c9-7-5-3-1-2-4-6(5)8(7)10/h1-8H/t5-,6+,7-,8-/m1/s1. The number of hydrogen-bond acceptors (Lipinski definition) is 0. The van der Waals surface area contributed by atoms with Gasteiger partial charge in [0.2, 0.25) is 0 Å². The van der Waals surface area contributed by atoms with E-state index in [0.29, 0.717) is 9.65 Å². The smallest absolute Gasteiger partial charge is 0.0345 e. The minimum Gasteiger partial charge on any atom is -0.0872 e. The molecule has 0 aromatic heterocycles. The predicted molar refractivity (Wildman–Crippen MR) is 50.7 cm³/mol. The van der Waals surface area contributed by atoms with Gasteiger partial charge in [0.15, 0.2) is 0 Å². The molecule has 0 heterocycles. The minimum atomic E-state index is 0.638. The van der Waals surface area contributed by atoms with Crippen molar-refractivity contribution in [2.75, 3.05) is 0 Å². The molecule has 0 N–H and O–H groups in total. The molecule has 2 aliphatic carbocycles. The molecule has 0 saturated heterocycles. The molecule has 0 aromatic rings. The van der Waals surface area contributed by atoms with Gasteiger partial charge in [-0.1, -0.05) is 56.2 Å². The van der Waals surface area contributed by atoms with Gasteiger partial charge in [-0.2, -0.15) is 0 Å². The molecule has 0 radical (unpaired) electrons. The van der Waals surface area contributed by atoms with Crippen molar-refractivity contribution in [2.24, 2.45) is 11.8 Å². The molecular formula is C8H8Br2. The molecule has 0 spiro atoms. The second-order valence-electron chi connectivity index (χ2n) is 2.81. The van der Waals surface area contributed by atoms with Crippen LogP contribution < -0.4 is 0 Å². The summed E-state index contributed by atoms with van der Waals surface area (Å²) in [6.07, 6.45) is 8.83. The lowest BCUT2D eigenvalue weighted by Crippen LogP contribution is -2.47. The zero-order chi connectivity index (χ0) is 7.14. The Morgan fingerprint density at radius 1 is 0.800 bits per heavy atom. The Kier molecular flexibility index (Phi) is 1.77. The fourth-order valence-electron chi connectivity index (χ4n) is 1.56. The van der Waals surface area contributed by atoms with E-state index in [9.17, 15) is 0 Å². The maximum absolute atomic E-state index is 3.64. The van der Waals surface area contributed by atoms with E-state index >= 15 is 0 Å². The van der Waals surface area contributed by atoms with Crippen LogP contribution in [-0.2, 0) is 0 Å². The molecule has 0 bridgehead atoms. The third-order valence-electron chi connectivity index (χ3n) is 2.26. The first-order valence-electron chi connectivity index (χ1n) is 3.44. The van der Waals surface area contributed by atoms with Crippen LogP contribution in [0.4, 0.5) is 0 Å². The summed E-state index contributed by atoms with van der Waals surface area (Å²) in [6.45, 7) is 0. The van der Waals surface area contributed by atoms with Gasteiger partial charge in [-0.15, -0.1) is 0 Å². The molecule has 1 saturated carbocycles. The first kappa shape index (κ1) is 7.11. The summed E-state index contributed by atoms with van der Waals surface area (Å²) in [6, 6.07) is 0. The van der Waals surface area contributed by atoms with Crippen molar-refractivity contribution in [3.8, 4) is 0 Å². The first-order chi connectivity index (χ1) is 4.80. The Morgan fingerprint density at radius 2 is 1.20 bits per heavy atom. The molecular weight excluding hydrogens is 256 g/mol. The van der Waals surface area contributed by atoms with Gasteiger partial charge in [-0.25, -0.2) is 0 Å². The van der Waals surface area contributed by atoms with Crippen LogP contribution in [0.15, 0.2) is 24.3 Å². The van der Waals surface area contributed by atoms with E-state index in [4.69, 9.17) is 0 Å². The highest BCUT2D eigenvalue weighted by atomic mass is 79.9. The van der Waals surface area contributed by atoms with Crippen LogP contribution in [0, 0.1) is 11.8 Å². The fourth-order valence-corrected chi connectivity index (χ4v) is 3.32. The lowest BCUT2D eigenvalue weighted by molar-refractivity contribution is 0.323. The molecule has 0 amide bonds. The van der Waals surface area contributed by atoms with Crippen molar-refractivity contribution in [1.82, 2.24) is 0 Å². The topological polar surface area (TPSA) is 0 Å². The fraction of sp³-hybridized carbons (Fsp3) is 0.500. The van der Waals surface area contributed by atoms with Gasteiger partial charge in [0, 0.05) is 9.65 Å². The second kappa shape index (κ2) is 2.49. The predicted octanol–water partition coefficient (Wildman–Crippen LogP) is 2.89. The van der Waals surface area contributed by atoms with Crippen molar-refractivity contribution in [1.29, 1.82) is 0 Å². The molecule has 4 atom stereocenters. The number of fused-ring (bicyclic) bond motifs is 1. The molecule has 2 rings (SSSR count). The SMILES string of the molecule is Br[C@H]1[C@H](Br)[C@@H]2C=CC=C[C@H]12. The Balaban J connectivity index is 2.17. The van der Waals surface area contributed by atoms with Crippen LogP contribution in [0.5, 0.6) is 0 Å². The first-order valence-corrected chi connectivity index (χ1v) is 5.27. The highest BCUT2D eigenvalue weighted by Gasteiger charge is 2.45. The monoisotopic (exact) mass is 262 g/mol. The lowest BCUT2D eigenvalue weighted by Gasteiger charge is -2.45. The molecule has 54 valence electrons. The van der Waals surface area contributed by atoms with E-state index in [1.54, 1.807) is 0 Å². The number of hydrogen-bond donors (Lipinski definition) is 0. The van der Waals surface area contributed by atoms with Gasteiger partial charge in [-0.05, 0) is 11.8 Å². The third kappa shape index (κ3) is 0.850. The summed E-state index contributed by atoms with van der Waals surface area (Å²) in [4.78, 5) is 1.28. The molecule has 10 heavy (non-hydrogen) atoms. The normalized spacial score (nSPS) is 50.2.